The second-order valence-corrected chi connectivity index (χ2v) is 24.0. The van der Waals surface area contributed by atoms with Crippen molar-refractivity contribution in [2.75, 3.05) is 13.2 Å². The van der Waals surface area contributed by atoms with E-state index in [1.54, 1.807) is 6.08 Å². The molecule has 1 fully saturated rings. The molecule has 6 N–H and O–H groups in total. The molecule has 456 valence electrons. The Morgan fingerprint density at radius 3 is 1.09 bits per heavy atom. The molecule has 77 heavy (non-hydrogen) atoms. The Bertz CT molecular complexity index is 1260. The summed E-state index contributed by atoms with van der Waals surface area (Å²) >= 11 is 0. The number of amides is 1. The number of unbranched alkanes of at least 4 members (excludes halogenated alkanes) is 48. The van der Waals surface area contributed by atoms with Gasteiger partial charge in [-0.3, -0.25) is 4.79 Å². The minimum atomic E-state index is -1.57. The van der Waals surface area contributed by atoms with Crippen molar-refractivity contribution in [3.63, 3.8) is 0 Å². The van der Waals surface area contributed by atoms with Crippen LogP contribution in [0, 0.1) is 0 Å². The van der Waals surface area contributed by atoms with Gasteiger partial charge < -0.3 is 40.3 Å². The Balaban J connectivity index is 2.16. The second kappa shape index (κ2) is 57.9. The highest BCUT2D eigenvalue weighted by Gasteiger charge is 2.44. The molecule has 9 nitrogen and oxygen atoms in total. The number of nitrogens with one attached hydrogen (secondary N) is 1. The van der Waals surface area contributed by atoms with Crippen LogP contribution in [0.4, 0.5) is 0 Å². The van der Waals surface area contributed by atoms with Crippen molar-refractivity contribution in [2.24, 2.45) is 0 Å². The number of hydrogen-bond donors (Lipinski definition) is 6. The van der Waals surface area contributed by atoms with Crippen molar-refractivity contribution >= 4 is 5.91 Å². The summed E-state index contributed by atoms with van der Waals surface area (Å²) in [5.41, 5.74) is 0. The Labute approximate surface area is 477 Å². The molecule has 9 heteroatoms. The van der Waals surface area contributed by atoms with E-state index in [-0.39, 0.29) is 12.5 Å². The molecule has 1 aliphatic rings. The fourth-order valence-electron chi connectivity index (χ4n) is 11.2. The minimum absolute atomic E-state index is 0.178. The quantitative estimate of drug-likeness (QED) is 0.0261. The van der Waals surface area contributed by atoms with E-state index in [1.807, 2.05) is 6.08 Å². The molecule has 0 aromatic heterocycles. The van der Waals surface area contributed by atoms with Crippen molar-refractivity contribution < 1.29 is 39.8 Å². The molecule has 0 aliphatic carbocycles. The molecule has 1 heterocycles. The van der Waals surface area contributed by atoms with Crippen LogP contribution in [0.5, 0.6) is 0 Å². The molecule has 0 radical (unpaired) electrons. The lowest BCUT2D eigenvalue weighted by molar-refractivity contribution is -0.302. The molecule has 0 aromatic rings. The zero-order valence-electron chi connectivity index (χ0n) is 51.0. The Kier molecular flexibility index (Phi) is 55.4. The SMILES string of the molecule is CCCCCCCCCCCCCCCCCCCCCCCCC/C=C/CC/C=C/C(O)C(COC1OC(CO)C(O)C(O)C1O)NC(=O)CCCCCCCCCCCCCCCCCCCCCCCCCCC. The summed E-state index contributed by atoms with van der Waals surface area (Å²) in [6.07, 6.45) is 68.6. The zero-order valence-corrected chi connectivity index (χ0v) is 51.0. The second-order valence-electron chi connectivity index (χ2n) is 24.0. The van der Waals surface area contributed by atoms with Crippen molar-refractivity contribution in [1.29, 1.82) is 0 Å². The molecule has 1 rings (SSSR count). The number of carbonyl (C=O) groups is 1. The Morgan fingerprint density at radius 1 is 0.429 bits per heavy atom. The van der Waals surface area contributed by atoms with Crippen LogP contribution in [0.2, 0.25) is 0 Å². The molecule has 1 saturated heterocycles. The van der Waals surface area contributed by atoms with E-state index in [2.05, 4.69) is 31.3 Å². The van der Waals surface area contributed by atoms with Crippen molar-refractivity contribution in [3.8, 4) is 0 Å². The Morgan fingerprint density at radius 2 is 0.740 bits per heavy atom. The van der Waals surface area contributed by atoms with Crippen molar-refractivity contribution in [1.82, 2.24) is 5.32 Å². The van der Waals surface area contributed by atoms with Gasteiger partial charge in [-0.15, -0.1) is 0 Å². The van der Waals surface area contributed by atoms with Gasteiger partial charge in [0.1, 0.15) is 24.4 Å². The number of rotatable bonds is 60. The maximum Gasteiger partial charge on any atom is 0.220 e. The fourth-order valence-corrected chi connectivity index (χ4v) is 11.2. The van der Waals surface area contributed by atoms with E-state index in [4.69, 9.17) is 9.47 Å². The molecule has 7 unspecified atom stereocenters. The summed E-state index contributed by atoms with van der Waals surface area (Å²) in [6, 6.07) is -0.820. The number of aliphatic hydroxyl groups is 5. The predicted molar refractivity (Wildman–Crippen MR) is 327 cm³/mol. The lowest BCUT2D eigenvalue weighted by Crippen LogP contribution is -2.60. The number of hydrogen-bond acceptors (Lipinski definition) is 8. The number of allylic oxidation sites excluding steroid dienone is 3. The highest BCUT2D eigenvalue weighted by atomic mass is 16.7. The molecular formula is C68H131NO8. The first-order chi connectivity index (χ1) is 37.8. The van der Waals surface area contributed by atoms with Gasteiger partial charge in [0.05, 0.1) is 25.4 Å². The summed E-state index contributed by atoms with van der Waals surface area (Å²) in [4.78, 5) is 13.1. The van der Waals surface area contributed by atoms with Crippen LogP contribution in [-0.4, -0.2) is 87.5 Å². The summed E-state index contributed by atoms with van der Waals surface area (Å²) in [7, 11) is 0. The van der Waals surface area contributed by atoms with Crippen molar-refractivity contribution in [3.05, 3.63) is 24.3 Å². The smallest absolute Gasteiger partial charge is 0.220 e. The van der Waals surface area contributed by atoms with Crippen LogP contribution in [0.1, 0.15) is 348 Å². The summed E-state index contributed by atoms with van der Waals surface area (Å²) in [5, 5.41) is 54.7. The summed E-state index contributed by atoms with van der Waals surface area (Å²) in [5.74, 6) is -0.178. The molecule has 1 amide bonds. The van der Waals surface area contributed by atoms with E-state index in [0.29, 0.717) is 6.42 Å². The average Bonchev–Trinajstić information content (AvgIpc) is 3.43. The van der Waals surface area contributed by atoms with Crippen LogP contribution < -0.4 is 5.32 Å². The van der Waals surface area contributed by atoms with E-state index in [0.717, 1.165) is 38.5 Å². The number of aliphatic hydroxyl groups excluding tert-OH is 5. The molecule has 1 aliphatic heterocycles. The van der Waals surface area contributed by atoms with Crippen LogP contribution in [0.15, 0.2) is 24.3 Å². The van der Waals surface area contributed by atoms with Gasteiger partial charge in [0.25, 0.3) is 0 Å². The number of carbonyl (C=O) groups excluding carboxylic acids is 1. The lowest BCUT2D eigenvalue weighted by Gasteiger charge is -2.40. The van der Waals surface area contributed by atoms with Gasteiger partial charge in [-0.2, -0.15) is 0 Å². The van der Waals surface area contributed by atoms with Crippen LogP contribution in [0.25, 0.3) is 0 Å². The largest absolute Gasteiger partial charge is 0.394 e. The standard InChI is InChI=1S/C68H131NO8/c1-3-5-7-9-11-13-15-17-19-21-23-25-27-29-30-31-32-34-35-37-39-41-43-45-47-49-51-53-55-57-62(71)61(60-76-68-67(75)66(74)65(73)63(59-70)77-68)69-64(72)58-56-54-52-50-48-46-44-42-40-38-36-33-28-26-24-22-20-18-16-14-12-10-8-6-4-2/h47,49,55,57,61-63,65-68,70-71,73-75H,3-46,48,50-54,56,58-60H2,1-2H3,(H,69,72)/b49-47+,57-55+. The molecule has 0 saturated carbocycles. The molecule has 7 atom stereocenters. The Hall–Kier alpha value is -1.33. The monoisotopic (exact) mass is 1090 g/mol. The maximum absolute atomic E-state index is 13.1. The fraction of sp³-hybridized carbons (Fsp3) is 0.926. The highest BCUT2D eigenvalue weighted by molar-refractivity contribution is 5.76. The van der Waals surface area contributed by atoms with Crippen LogP contribution in [0.3, 0.4) is 0 Å². The highest BCUT2D eigenvalue weighted by Crippen LogP contribution is 2.23. The molecule has 0 bridgehead atoms. The third kappa shape index (κ3) is 46.9. The predicted octanol–water partition coefficient (Wildman–Crippen LogP) is 18.1. The zero-order chi connectivity index (χ0) is 55.8. The van der Waals surface area contributed by atoms with Gasteiger partial charge >= 0.3 is 0 Å². The lowest BCUT2D eigenvalue weighted by atomic mass is 9.99. The van der Waals surface area contributed by atoms with Gasteiger partial charge in [0, 0.05) is 6.42 Å². The van der Waals surface area contributed by atoms with Gasteiger partial charge in [-0.1, -0.05) is 334 Å². The molecule has 0 aromatic carbocycles. The summed E-state index contributed by atoms with van der Waals surface area (Å²) < 4.78 is 11.3. The van der Waals surface area contributed by atoms with E-state index >= 15 is 0 Å². The molecular weight excluding hydrogens is 959 g/mol. The molecule has 0 spiro atoms. The van der Waals surface area contributed by atoms with Gasteiger partial charge in [0.2, 0.25) is 5.91 Å². The summed E-state index contributed by atoms with van der Waals surface area (Å²) in [6.45, 7) is 3.82. The first-order valence-electron chi connectivity index (χ1n) is 34.1. The van der Waals surface area contributed by atoms with E-state index in [9.17, 15) is 30.3 Å². The third-order valence-electron chi connectivity index (χ3n) is 16.5. The van der Waals surface area contributed by atoms with Gasteiger partial charge in [-0.05, 0) is 32.1 Å². The third-order valence-corrected chi connectivity index (χ3v) is 16.5. The van der Waals surface area contributed by atoms with Crippen LogP contribution in [-0.2, 0) is 14.3 Å². The van der Waals surface area contributed by atoms with Crippen LogP contribution >= 0.6 is 0 Å². The topological polar surface area (TPSA) is 149 Å². The minimum Gasteiger partial charge on any atom is -0.394 e. The van der Waals surface area contributed by atoms with Gasteiger partial charge in [0.15, 0.2) is 6.29 Å². The van der Waals surface area contributed by atoms with Crippen molar-refractivity contribution in [2.45, 2.75) is 391 Å². The first-order valence-corrected chi connectivity index (χ1v) is 34.1. The van der Waals surface area contributed by atoms with Gasteiger partial charge in [-0.25, -0.2) is 0 Å². The average molecular weight is 1090 g/mol. The van der Waals surface area contributed by atoms with E-state index in [1.165, 1.54) is 289 Å². The maximum atomic E-state index is 13.1. The van der Waals surface area contributed by atoms with E-state index < -0.39 is 49.5 Å². The number of ether oxygens (including phenoxy) is 2. The normalized spacial score (nSPS) is 18.8. The first kappa shape index (κ1) is 73.7.